The highest BCUT2D eigenvalue weighted by molar-refractivity contribution is 7.89. The number of rotatable bonds is 6. The van der Waals surface area contributed by atoms with Gasteiger partial charge in [-0.3, -0.25) is 4.79 Å². The van der Waals surface area contributed by atoms with E-state index in [0.29, 0.717) is 24.9 Å². The molecule has 2 aliphatic heterocycles. The van der Waals surface area contributed by atoms with E-state index in [1.54, 1.807) is 28.1 Å². The van der Waals surface area contributed by atoms with Gasteiger partial charge in [-0.25, -0.2) is 13.4 Å². The van der Waals surface area contributed by atoms with Crippen molar-refractivity contribution in [2.24, 2.45) is 13.0 Å². The van der Waals surface area contributed by atoms with Crippen LogP contribution >= 0.6 is 0 Å². The Balaban J connectivity index is 1.50. The van der Waals surface area contributed by atoms with Crippen LogP contribution in [-0.2, 0) is 21.9 Å². The molecule has 0 saturated carbocycles. The van der Waals surface area contributed by atoms with Crippen LogP contribution in [0.2, 0.25) is 0 Å². The van der Waals surface area contributed by atoms with Crippen LogP contribution in [0.25, 0.3) is 0 Å². The third kappa shape index (κ3) is 3.96. The molecule has 2 aromatic rings. The maximum Gasteiger partial charge on any atom is 0.262 e. The van der Waals surface area contributed by atoms with Crippen molar-refractivity contribution < 1.29 is 17.9 Å². The fourth-order valence-corrected chi connectivity index (χ4v) is 6.45. The summed E-state index contributed by atoms with van der Waals surface area (Å²) in [5.41, 5.74) is 0.676. The Morgan fingerprint density at radius 2 is 1.87 bits per heavy atom. The van der Waals surface area contributed by atoms with E-state index in [4.69, 9.17) is 4.74 Å². The average molecular weight is 433 g/mol. The minimum absolute atomic E-state index is 0.0451. The second kappa shape index (κ2) is 8.03. The number of hydrogen-bond acceptors (Lipinski definition) is 5. The van der Waals surface area contributed by atoms with Gasteiger partial charge in [0.2, 0.25) is 5.91 Å². The van der Waals surface area contributed by atoms with Crippen molar-refractivity contribution >= 4 is 21.6 Å². The number of benzene rings is 1. The number of nitrogens with one attached hydrogen (secondary N) is 1. The number of carbonyl (C=O) groups is 1. The highest BCUT2D eigenvalue weighted by atomic mass is 32.2. The van der Waals surface area contributed by atoms with Gasteiger partial charge in [-0.05, 0) is 63.8 Å². The molecule has 1 amide bonds. The van der Waals surface area contributed by atoms with Crippen LogP contribution in [0.1, 0.15) is 39.5 Å². The van der Waals surface area contributed by atoms with E-state index in [9.17, 15) is 13.2 Å². The molecule has 2 bridgehead atoms. The maximum absolute atomic E-state index is 13.2. The first-order valence-electron chi connectivity index (χ1n) is 10.3. The van der Waals surface area contributed by atoms with Crippen LogP contribution in [0.15, 0.2) is 41.8 Å². The number of anilines is 1. The average Bonchev–Trinajstić information content (AvgIpc) is 3.26. The smallest absolute Gasteiger partial charge is 0.262 e. The van der Waals surface area contributed by atoms with Gasteiger partial charge in [0, 0.05) is 31.0 Å². The molecule has 2 aliphatic rings. The van der Waals surface area contributed by atoms with Crippen LogP contribution in [0.4, 0.5) is 5.69 Å². The van der Waals surface area contributed by atoms with E-state index in [0.717, 1.165) is 12.2 Å². The molecule has 3 unspecified atom stereocenters. The lowest BCUT2D eigenvalue weighted by atomic mass is 9.91. The molecule has 4 rings (SSSR count). The van der Waals surface area contributed by atoms with Crippen molar-refractivity contribution in [1.82, 2.24) is 13.9 Å². The van der Waals surface area contributed by atoms with E-state index >= 15 is 0 Å². The van der Waals surface area contributed by atoms with Gasteiger partial charge in [0.1, 0.15) is 5.75 Å². The maximum atomic E-state index is 13.2. The third-order valence-corrected chi connectivity index (χ3v) is 7.67. The van der Waals surface area contributed by atoms with Crippen LogP contribution < -0.4 is 10.1 Å². The first-order chi connectivity index (χ1) is 14.3. The summed E-state index contributed by atoms with van der Waals surface area (Å²) < 4.78 is 35.2. The number of aryl methyl sites for hydroxylation is 1. The van der Waals surface area contributed by atoms with Gasteiger partial charge in [0.25, 0.3) is 10.0 Å². The Kier molecular flexibility index (Phi) is 5.59. The number of piperidine rings is 1. The minimum atomic E-state index is -3.73. The van der Waals surface area contributed by atoms with E-state index in [1.807, 2.05) is 26.0 Å². The van der Waals surface area contributed by atoms with Gasteiger partial charge in [0.05, 0.1) is 18.3 Å². The molecule has 0 radical (unpaired) electrons. The van der Waals surface area contributed by atoms with Crippen molar-refractivity contribution in [2.45, 2.75) is 62.7 Å². The Morgan fingerprint density at radius 3 is 2.50 bits per heavy atom. The van der Waals surface area contributed by atoms with E-state index in [1.165, 1.54) is 12.5 Å². The second-order valence-electron chi connectivity index (χ2n) is 8.37. The lowest BCUT2D eigenvalue weighted by Crippen LogP contribution is -2.51. The summed E-state index contributed by atoms with van der Waals surface area (Å²) >= 11 is 0. The van der Waals surface area contributed by atoms with Crippen molar-refractivity contribution in [2.75, 3.05) is 5.32 Å². The van der Waals surface area contributed by atoms with Crippen LogP contribution in [0, 0.1) is 5.92 Å². The third-order valence-electron chi connectivity index (χ3n) is 5.81. The number of fused-ring (bicyclic) bond motifs is 2. The van der Waals surface area contributed by atoms with Gasteiger partial charge in [-0.15, -0.1) is 0 Å². The summed E-state index contributed by atoms with van der Waals surface area (Å²) in [5, 5.41) is 3.00. The monoisotopic (exact) mass is 432 g/mol. The lowest BCUT2D eigenvalue weighted by Gasteiger charge is -2.37. The van der Waals surface area contributed by atoms with Crippen molar-refractivity contribution in [3.05, 3.63) is 36.8 Å². The molecule has 1 N–H and O–H groups in total. The molecule has 2 fully saturated rings. The number of ether oxygens (including phenoxy) is 1. The molecule has 0 spiro atoms. The summed E-state index contributed by atoms with van der Waals surface area (Å²) in [5.74, 6) is 0.222. The normalized spacial score (nSPS) is 24.2. The Morgan fingerprint density at radius 1 is 1.17 bits per heavy atom. The summed E-state index contributed by atoms with van der Waals surface area (Å²) in [6, 6.07) is 6.86. The first kappa shape index (κ1) is 20.9. The quantitative estimate of drug-likeness (QED) is 0.758. The summed E-state index contributed by atoms with van der Waals surface area (Å²) in [6.07, 6.45) is 5.91. The number of hydrogen-bond donors (Lipinski definition) is 1. The minimum Gasteiger partial charge on any atom is -0.491 e. The highest BCUT2D eigenvalue weighted by Gasteiger charge is 2.51. The number of carbonyl (C=O) groups excluding carboxylic acids is 1. The zero-order chi connectivity index (χ0) is 21.5. The van der Waals surface area contributed by atoms with Crippen molar-refractivity contribution in [3.8, 4) is 5.75 Å². The topological polar surface area (TPSA) is 93.5 Å². The molecular weight excluding hydrogens is 404 g/mol. The molecule has 162 valence electrons. The van der Waals surface area contributed by atoms with E-state index < -0.39 is 10.0 Å². The molecule has 1 aromatic heterocycles. The summed E-state index contributed by atoms with van der Waals surface area (Å²) in [7, 11) is -1.99. The van der Waals surface area contributed by atoms with Crippen LogP contribution in [0.3, 0.4) is 0 Å². The van der Waals surface area contributed by atoms with Gasteiger partial charge >= 0.3 is 0 Å². The van der Waals surface area contributed by atoms with Crippen molar-refractivity contribution in [1.29, 1.82) is 0 Å². The molecule has 3 atom stereocenters. The lowest BCUT2D eigenvalue weighted by molar-refractivity contribution is -0.122. The molecule has 3 heterocycles. The first-order valence-corrected chi connectivity index (χ1v) is 11.8. The molecule has 30 heavy (non-hydrogen) atoms. The number of aromatic nitrogens is 2. The molecule has 2 saturated heterocycles. The van der Waals surface area contributed by atoms with Gasteiger partial charge in [0.15, 0.2) is 5.03 Å². The van der Waals surface area contributed by atoms with E-state index in [-0.39, 0.29) is 35.0 Å². The van der Waals surface area contributed by atoms with Gasteiger partial charge < -0.3 is 14.6 Å². The predicted molar refractivity (Wildman–Crippen MR) is 113 cm³/mol. The highest BCUT2D eigenvalue weighted by Crippen LogP contribution is 2.42. The zero-order valence-electron chi connectivity index (χ0n) is 17.5. The van der Waals surface area contributed by atoms with Crippen molar-refractivity contribution in [3.63, 3.8) is 0 Å². The standard InChI is InChI=1S/C21H28N4O4S/c1-14(2)29-17-8-4-15(5-9-17)23-21(26)18-10-6-16-7-11-19(18)25(16)30(27,28)20-12-24(3)13-22-20/h4-5,8-9,12-14,16,18-19H,6-7,10-11H2,1-3H3,(H,23,26). The summed E-state index contributed by atoms with van der Waals surface area (Å²) in [6.45, 7) is 3.91. The van der Waals surface area contributed by atoms with Crippen LogP contribution in [-0.4, -0.2) is 46.4 Å². The fourth-order valence-electron chi connectivity index (χ4n) is 4.54. The van der Waals surface area contributed by atoms with Crippen LogP contribution in [0.5, 0.6) is 5.75 Å². The molecule has 9 heteroatoms. The SMILES string of the molecule is CC(C)Oc1ccc(NC(=O)C2CCC3CCC2N3S(=O)(=O)c2cn(C)cn2)cc1. The second-order valence-corrected chi connectivity index (χ2v) is 10.2. The Labute approximate surface area is 177 Å². The number of amides is 1. The fraction of sp³-hybridized carbons (Fsp3) is 0.524. The Hall–Kier alpha value is -2.39. The Bertz CT molecular complexity index is 1020. The largest absolute Gasteiger partial charge is 0.491 e. The van der Waals surface area contributed by atoms with Gasteiger partial charge in [-0.1, -0.05) is 0 Å². The van der Waals surface area contributed by atoms with E-state index in [2.05, 4.69) is 10.3 Å². The molecule has 1 aromatic carbocycles. The number of sulfonamides is 1. The summed E-state index contributed by atoms with van der Waals surface area (Å²) in [4.78, 5) is 17.1. The predicted octanol–water partition coefficient (Wildman–Crippen LogP) is 2.78. The number of imidazole rings is 1. The molecule has 8 nitrogen and oxygen atoms in total. The molecule has 0 aliphatic carbocycles. The van der Waals surface area contributed by atoms with Gasteiger partial charge in [-0.2, -0.15) is 4.31 Å². The zero-order valence-corrected chi connectivity index (χ0v) is 18.3. The molecular formula is C21H28N4O4S. The number of nitrogens with zero attached hydrogens (tertiary/aromatic N) is 3.